The smallest absolute Gasteiger partial charge is 0.220 e. The van der Waals surface area contributed by atoms with Crippen molar-refractivity contribution in [2.45, 2.75) is 51.5 Å². The van der Waals surface area contributed by atoms with Crippen molar-refractivity contribution in [2.75, 3.05) is 0 Å². The number of aryl methyl sites for hydroxylation is 1. The lowest BCUT2D eigenvalue weighted by Crippen LogP contribution is -2.41. The lowest BCUT2D eigenvalue weighted by atomic mass is 9.86. The number of carbonyl (C=O) groups is 1. The molecule has 4 nitrogen and oxygen atoms in total. The number of para-hydroxylation sites is 1. The normalized spacial score (nSPS) is 20.8. The molecule has 2 heterocycles. The molecule has 2 atom stereocenters. The monoisotopic (exact) mass is 335 g/mol. The highest BCUT2D eigenvalue weighted by Crippen LogP contribution is 2.26. The number of aromatic amines is 1. The van der Waals surface area contributed by atoms with E-state index in [0.29, 0.717) is 24.8 Å². The molecule has 1 amide bonds. The highest BCUT2D eigenvalue weighted by molar-refractivity contribution is 6.06. The second-order valence-electron chi connectivity index (χ2n) is 7.33. The Bertz CT molecular complexity index is 898. The number of pyridine rings is 1. The van der Waals surface area contributed by atoms with Crippen LogP contribution in [0.1, 0.15) is 44.7 Å². The van der Waals surface area contributed by atoms with Crippen molar-refractivity contribution in [3.8, 4) is 0 Å². The first-order valence-corrected chi connectivity index (χ1v) is 9.35. The van der Waals surface area contributed by atoms with Gasteiger partial charge in [0.2, 0.25) is 5.91 Å². The van der Waals surface area contributed by atoms with Crippen LogP contribution in [0.25, 0.3) is 21.8 Å². The molecule has 2 N–H and O–H groups in total. The second kappa shape index (κ2) is 6.87. The summed E-state index contributed by atoms with van der Waals surface area (Å²) in [4.78, 5) is 20.2. The topological polar surface area (TPSA) is 57.8 Å². The van der Waals surface area contributed by atoms with Crippen LogP contribution in [0.3, 0.4) is 0 Å². The molecule has 130 valence electrons. The molecule has 1 aliphatic rings. The number of hydrogen-bond donors (Lipinski definition) is 2. The third kappa shape index (κ3) is 3.39. The summed E-state index contributed by atoms with van der Waals surface area (Å²) in [6, 6.07) is 10.7. The summed E-state index contributed by atoms with van der Waals surface area (Å²) in [7, 11) is 0. The third-order valence-electron chi connectivity index (χ3n) is 5.51. The first-order chi connectivity index (χ1) is 12.2. The highest BCUT2D eigenvalue weighted by atomic mass is 16.1. The molecule has 4 heteroatoms. The van der Waals surface area contributed by atoms with Crippen molar-refractivity contribution in [3.63, 3.8) is 0 Å². The molecular formula is C21H25N3O. The fourth-order valence-electron chi connectivity index (χ4n) is 3.98. The zero-order valence-electron chi connectivity index (χ0n) is 14.7. The van der Waals surface area contributed by atoms with Crippen LogP contribution in [-0.2, 0) is 11.2 Å². The molecule has 0 saturated heterocycles. The lowest BCUT2D eigenvalue weighted by Gasteiger charge is -2.29. The Kier molecular flexibility index (Phi) is 4.43. The lowest BCUT2D eigenvalue weighted by molar-refractivity contribution is -0.122. The maximum absolute atomic E-state index is 12.3. The van der Waals surface area contributed by atoms with Gasteiger partial charge in [0.25, 0.3) is 0 Å². The van der Waals surface area contributed by atoms with E-state index in [1.807, 2.05) is 12.3 Å². The minimum absolute atomic E-state index is 0.152. The van der Waals surface area contributed by atoms with Crippen molar-refractivity contribution >= 4 is 27.7 Å². The van der Waals surface area contributed by atoms with Gasteiger partial charge < -0.3 is 10.3 Å². The summed E-state index contributed by atoms with van der Waals surface area (Å²) >= 11 is 0. The molecule has 25 heavy (non-hydrogen) atoms. The third-order valence-corrected chi connectivity index (χ3v) is 5.51. The van der Waals surface area contributed by atoms with E-state index < -0.39 is 0 Å². The Labute approximate surface area is 148 Å². The molecule has 1 fully saturated rings. The van der Waals surface area contributed by atoms with E-state index in [-0.39, 0.29) is 5.91 Å². The predicted molar refractivity (Wildman–Crippen MR) is 101 cm³/mol. The maximum atomic E-state index is 12.3. The molecule has 2 aromatic heterocycles. The molecule has 2 unspecified atom stereocenters. The van der Waals surface area contributed by atoms with E-state index in [9.17, 15) is 4.79 Å². The minimum atomic E-state index is 0.152. The van der Waals surface area contributed by atoms with Crippen molar-refractivity contribution < 1.29 is 4.79 Å². The van der Waals surface area contributed by atoms with E-state index in [0.717, 1.165) is 23.1 Å². The van der Waals surface area contributed by atoms with E-state index in [1.165, 1.54) is 30.0 Å². The van der Waals surface area contributed by atoms with Crippen molar-refractivity contribution in [1.29, 1.82) is 0 Å². The van der Waals surface area contributed by atoms with E-state index >= 15 is 0 Å². The van der Waals surface area contributed by atoms with Crippen LogP contribution in [0.15, 0.2) is 36.5 Å². The standard InChI is InChI=1S/C21H25N3O/c1-14-6-2-4-8-18(14)24-21(25)11-10-15-12-17-16-7-3-5-9-19(16)23-20(17)13-22-15/h3,5,7,9,12-14,18,23H,2,4,6,8,10-11H2,1H3,(H,24,25). The molecule has 3 aromatic rings. The average molecular weight is 335 g/mol. The molecule has 1 aromatic carbocycles. The summed E-state index contributed by atoms with van der Waals surface area (Å²) in [6.07, 6.45) is 7.94. The van der Waals surface area contributed by atoms with Gasteiger partial charge in [-0.25, -0.2) is 0 Å². The van der Waals surface area contributed by atoms with Gasteiger partial charge >= 0.3 is 0 Å². The van der Waals surface area contributed by atoms with Gasteiger partial charge in [-0.15, -0.1) is 0 Å². The van der Waals surface area contributed by atoms with Crippen LogP contribution in [-0.4, -0.2) is 21.9 Å². The van der Waals surface area contributed by atoms with Crippen molar-refractivity contribution in [1.82, 2.24) is 15.3 Å². The number of hydrogen-bond acceptors (Lipinski definition) is 2. The number of benzene rings is 1. The number of rotatable bonds is 4. The summed E-state index contributed by atoms with van der Waals surface area (Å²) in [5.74, 6) is 0.748. The van der Waals surface area contributed by atoms with Gasteiger partial charge in [-0.2, -0.15) is 0 Å². The number of fused-ring (bicyclic) bond motifs is 3. The molecule has 1 saturated carbocycles. The Hall–Kier alpha value is -2.36. The van der Waals surface area contributed by atoms with Crippen LogP contribution < -0.4 is 5.32 Å². The van der Waals surface area contributed by atoms with Crippen LogP contribution >= 0.6 is 0 Å². The predicted octanol–water partition coefficient (Wildman–Crippen LogP) is 4.34. The van der Waals surface area contributed by atoms with Gasteiger partial charge in [0, 0.05) is 34.4 Å². The first-order valence-electron chi connectivity index (χ1n) is 9.35. The van der Waals surface area contributed by atoms with Crippen LogP contribution in [0, 0.1) is 5.92 Å². The quantitative estimate of drug-likeness (QED) is 0.745. The highest BCUT2D eigenvalue weighted by Gasteiger charge is 2.22. The summed E-state index contributed by atoms with van der Waals surface area (Å²) in [5.41, 5.74) is 3.15. The fraction of sp³-hybridized carbons (Fsp3) is 0.429. The molecule has 0 radical (unpaired) electrons. The first kappa shape index (κ1) is 16.1. The zero-order valence-corrected chi connectivity index (χ0v) is 14.7. The number of nitrogens with one attached hydrogen (secondary N) is 2. The number of amides is 1. The molecule has 0 aliphatic heterocycles. The molecule has 4 rings (SSSR count). The van der Waals surface area contributed by atoms with Gasteiger partial charge in [-0.05, 0) is 37.3 Å². The number of carbonyl (C=O) groups excluding carboxylic acids is 1. The van der Waals surface area contributed by atoms with Crippen molar-refractivity contribution in [2.24, 2.45) is 5.92 Å². The van der Waals surface area contributed by atoms with Crippen LogP contribution in [0.5, 0.6) is 0 Å². The van der Waals surface area contributed by atoms with Gasteiger partial charge in [-0.3, -0.25) is 9.78 Å². The molecule has 0 spiro atoms. The summed E-state index contributed by atoms with van der Waals surface area (Å²) in [6.45, 7) is 2.25. The maximum Gasteiger partial charge on any atom is 0.220 e. The van der Waals surface area contributed by atoms with Gasteiger partial charge in [0.05, 0.1) is 11.7 Å². The molecule has 0 bridgehead atoms. The summed E-state index contributed by atoms with van der Waals surface area (Å²) < 4.78 is 0. The van der Waals surface area contributed by atoms with E-state index in [4.69, 9.17) is 0 Å². The second-order valence-corrected chi connectivity index (χ2v) is 7.33. The minimum Gasteiger partial charge on any atom is -0.353 e. The Morgan fingerprint density at radius 2 is 2.04 bits per heavy atom. The number of H-pyrrole nitrogens is 1. The number of aromatic nitrogens is 2. The fourth-order valence-corrected chi connectivity index (χ4v) is 3.98. The number of nitrogens with zero attached hydrogens (tertiary/aromatic N) is 1. The van der Waals surface area contributed by atoms with Crippen LogP contribution in [0.4, 0.5) is 0 Å². The Morgan fingerprint density at radius 3 is 2.92 bits per heavy atom. The van der Waals surface area contributed by atoms with Gasteiger partial charge in [-0.1, -0.05) is 38.0 Å². The van der Waals surface area contributed by atoms with E-state index in [2.05, 4.69) is 46.5 Å². The van der Waals surface area contributed by atoms with Crippen molar-refractivity contribution in [3.05, 3.63) is 42.2 Å². The Balaban J connectivity index is 1.43. The molecule has 1 aliphatic carbocycles. The van der Waals surface area contributed by atoms with Crippen LogP contribution in [0.2, 0.25) is 0 Å². The average Bonchev–Trinajstić information content (AvgIpc) is 3.00. The summed E-state index contributed by atoms with van der Waals surface area (Å²) in [5, 5.41) is 5.62. The molecular weight excluding hydrogens is 310 g/mol. The zero-order chi connectivity index (χ0) is 17.2. The van der Waals surface area contributed by atoms with Gasteiger partial charge in [0.1, 0.15) is 0 Å². The SMILES string of the molecule is CC1CCCCC1NC(=O)CCc1cc2c(cn1)[nH]c1ccccc12. The van der Waals surface area contributed by atoms with Gasteiger partial charge in [0.15, 0.2) is 0 Å². The largest absolute Gasteiger partial charge is 0.353 e. The Morgan fingerprint density at radius 1 is 1.20 bits per heavy atom. The van der Waals surface area contributed by atoms with E-state index in [1.54, 1.807) is 0 Å².